The normalized spacial score (nSPS) is 15.1. The molecular formula is C23H20IN3O4. The fourth-order valence-corrected chi connectivity index (χ4v) is 4.09. The minimum atomic E-state index is -0.220. The minimum Gasteiger partial charge on any atom is -0.497 e. The van der Waals surface area contributed by atoms with Crippen molar-refractivity contribution in [3.8, 4) is 23.0 Å². The Labute approximate surface area is 193 Å². The van der Waals surface area contributed by atoms with Gasteiger partial charge in [-0.2, -0.15) is 0 Å². The molecule has 1 aliphatic rings. The van der Waals surface area contributed by atoms with Crippen molar-refractivity contribution in [3.05, 3.63) is 69.7 Å². The Morgan fingerprint density at radius 3 is 2.71 bits per heavy atom. The average molecular weight is 529 g/mol. The first-order chi connectivity index (χ1) is 15.1. The number of fused-ring (bicyclic) bond motifs is 2. The maximum absolute atomic E-state index is 6.26. The van der Waals surface area contributed by atoms with Crippen LogP contribution in [-0.4, -0.2) is 35.4 Å². The molecule has 0 fully saturated rings. The maximum Gasteiger partial charge on any atom is 0.204 e. The van der Waals surface area contributed by atoms with Gasteiger partial charge in [0.25, 0.3) is 0 Å². The predicted octanol–water partition coefficient (Wildman–Crippen LogP) is 4.61. The van der Waals surface area contributed by atoms with E-state index < -0.39 is 0 Å². The van der Waals surface area contributed by atoms with Crippen LogP contribution in [0.5, 0.6) is 23.0 Å². The zero-order chi connectivity index (χ0) is 21.4. The number of rotatable bonds is 5. The highest BCUT2D eigenvalue weighted by Gasteiger charge is 2.26. The van der Waals surface area contributed by atoms with Gasteiger partial charge < -0.3 is 23.5 Å². The van der Waals surface area contributed by atoms with Crippen molar-refractivity contribution >= 4 is 33.8 Å². The van der Waals surface area contributed by atoms with E-state index in [9.17, 15) is 0 Å². The fraction of sp³-hybridized carbons (Fsp3) is 0.217. The topological polar surface area (TPSA) is 67.6 Å². The molecule has 0 N–H and O–H groups in total. The summed E-state index contributed by atoms with van der Waals surface area (Å²) in [5, 5.41) is 0. The fourth-order valence-electron chi connectivity index (χ4n) is 3.66. The van der Waals surface area contributed by atoms with Gasteiger partial charge in [-0.15, -0.1) is 0 Å². The standard InChI is InChI=1S/C23H20IN3O4/c1-28-17-5-3-15(4-6-17)21-12-30-20-8-14(7-19(29-2)22(20)31-21)11-27-13-26-18-9-16(24)10-25-23(18)27/h3-10,13,21H,11-12H2,1-2H3. The van der Waals surface area contributed by atoms with Crippen molar-refractivity contribution in [1.29, 1.82) is 0 Å². The summed E-state index contributed by atoms with van der Waals surface area (Å²) in [5.74, 6) is 2.73. The highest BCUT2D eigenvalue weighted by molar-refractivity contribution is 14.1. The average Bonchev–Trinajstić information content (AvgIpc) is 3.19. The molecule has 1 atom stereocenters. The van der Waals surface area contributed by atoms with Crippen molar-refractivity contribution in [2.75, 3.05) is 20.8 Å². The van der Waals surface area contributed by atoms with E-state index >= 15 is 0 Å². The van der Waals surface area contributed by atoms with Crippen LogP contribution in [0.25, 0.3) is 11.2 Å². The number of benzene rings is 2. The molecule has 0 saturated carbocycles. The number of nitrogens with zero attached hydrogens (tertiary/aromatic N) is 3. The molecule has 5 rings (SSSR count). The van der Waals surface area contributed by atoms with Crippen molar-refractivity contribution < 1.29 is 18.9 Å². The molecule has 3 heterocycles. The molecule has 158 valence electrons. The van der Waals surface area contributed by atoms with Crippen LogP contribution < -0.4 is 18.9 Å². The maximum atomic E-state index is 6.26. The van der Waals surface area contributed by atoms with Crippen LogP contribution in [0.1, 0.15) is 17.2 Å². The molecule has 0 aliphatic carbocycles. The molecule has 0 amide bonds. The zero-order valence-corrected chi connectivity index (χ0v) is 19.2. The summed E-state index contributed by atoms with van der Waals surface area (Å²) in [7, 11) is 3.28. The van der Waals surface area contributed by atoms with Gasteiger partial charge in [-0.3, -0.25) is 0 Å². The number of imidazole rings is 1. The Bertz CT molecular complexity index is 1220. The minimum absolute atomic E-state index is 0.220. The SMILES string of the molecule is COc1ccc(C2COc3cc(Cn4cnc5cc(I)cnc54)cc(OC)c3O2)cc1. The smallest absolute Gasteiger partial charge is 0.204 e. The number of methoxy groups -OCH3 is 2. The van der Waals surface area contributed by atoms with Crippen LogP contribution in [0.3, 0.4) is 0 Å². The van der Waals surface area contributed by atoms with Crippen LogP contribution >= 0.6 is 22.6 Å². The van der Waals surface area contributed by atoms with E-state index in [1.54, 1.807) is 20.5 Å². The van der Waals surface area contributed by atoms with E-state index in [2.05, 4.69) is 32.6 Å². The van der Waals surface area contributed by atoms with Crippen LogP contribution in [-0.2, 0) is 6.54 Å². The zero-order valence-electron chi connectivity index (χ0n) is 17.0. The number of hydrogen-bond donors (Lipinski definition) is 0. The Hall–Kier alpha value is -3.01. The van der Waals surface area contributed by atoms with Crippen LogP contribution in [0, 0.1) is 3.57 Å². The molecule has 7 nitrogen and oxygen atoms in total. The third-order valence-electron chi connectivity index (χ3n) is 5.21. The van der Waals surface area contributed by atoms with Crippen molar-refractivity contribution in [3.63, 3.8) is 0 Å². The molecule has 1 unspecified atom stereocenters. The molecule has 0 radical (unpaired) electrons. The Morgan fingerprint density at radius 1 is 1.10 bits per heavy atom. The molecule has 0 bridgehead atoms. The first-order valence-electron chi connectivity index (χ1n) is 9.75. The molecule has 2 aromatic carbocycles. The van der Waals surface area contributed by atoms with E-state index in [0.29, 0.717) is 30.4 Å². The van der Waals surface area contributed by atoms with Gasteiger partial charge in [-0.1, -0.05) is 12.1 Å². The van der Waals surface area contributed by atoms with E-state index in [4.69, 9.17) is 18.9 Å². The third-order valence-corrected chi connectivity index (χ3v) is 5.80. The Kier molecular flexibility index (Phi) is 5.31. The van der Waals surface area contributed by atoms with Gasteiger partial charge >= 0.3 is 0 Å². The van der Waals surface area contributed by atoms with Crippen molar-refractivity contribution in [1.82, 2.24) is 14.5 Å². The molecule has 2 aromatic heterocycles. The summed E-state index contributed by atoms with van der Waals surface area (Å²) in [4.78, 5) is 8.98. The highest BCUT2D eigenvalue weighted by atomic mass is 127. The van der Waals surface area contributed by atoms with Gasteiger partial charge in [0.1, 0.15) is 17.9 Å². The van der Waals surface area contributed by atoms with Crippen LogP contribution in [0.15, 0.2) is 55.0 Å². The second-order valence-electron chi connectivity index (χ2n) is 7.18. The third kappa shape index (κ3) is 3.87. The lowest BCUT2D eigenvalue weighted by atomic mass is 10.1. The Morgan fingerprint density at radius 2 is 1.94 bits per heavy atom. The summed E-state index contributed by atoms with van der Waals surface area (Å²) >= 11 is 2.24. The number of aromatic nitrogens is 3. The predicted molar refractivity (Wildman–Crippen MR) is 124 cm³/mol. The summed E-state index contributed by atoms with van der Waals surface area (Å²) in [6.07, 6.45) is 3.42. The molecule has 31 heavy (non-hydrogen) atoms. The molecular weight excluding hydrogens is 509 g/mol. The molecule has 0 saturated heterocycles. The van der Waals surface area contributed by atoms with E-state index in [0.717, 1.165) is 31.6 Å². The molecule has 1 aliphatic heterocycles. The van der Waals surface area contributed by atoms with Crippen molar-refractivity contribution in [2.45, 2.75) is 12.6 Å². The van der Waals surface area contributed by atoms with Gasteiger partial charge in [-0.25, -0.2) is 9.97 Å². The van der Waals surface area contributed by atoms with E-state index in [-0.39, 0.29) is 6.10 Å². The highest BCUT2D eigenvalue weighted by Crippen LogP contribution is 2.44. The second-order valence-corrected chi connectivity index (χ2v) is 8.43. The Balaban J connectivity index is 1.42. The largest absolute Gasteiger partial charge is 0.497 e. The molecule has 0 spiro atoms. The number of ether oxygens (including phenoxy) is 4. The molecule has 8 heteroatoms. The van der Waals surface area contributed by atoms with Crippen LogP contribution in [0.2, 0.25) is 0 Å². The second kappa shape index (κ2) is 8.26. The summed E-state index contributed by atoms with van der Waals surface area (Å²) in [6.45, 7) is 1.01. The summed E-state index contributed by atoms with van der Waals surface area (Å²) in [6, 6.07) is 13.8. The van der Waals surface area contributed by atoms with Gasteiger partial charge in [0, 0.05) is 9.77 Å². The van der Waals surface area contributed by atoms with Crippen molar-refractivity contribution in [2.24, 2.45) is 0 Å². The lowest BCUT2D eigenvalue weighted by Gasteiger charge is -2.28. The van der Waals surface area contributed by atoms with Gasteiger partial charge in [-0.05, 0) is 64.0 Å². The lowest BCUT2D eigenvalue weighted by molar-refractivity contribution is 0.0869. The van der Waals surface area contributed by atoms with Crippen LogP contribution in [0.4, 0.5) is 0 Å². The summed E-state index contributed by atoms with van der Waals surface area (Å²) < 4.78 is 26.3. The van der Waals surface area contributed by atoms with Gasteiger partial charge in [0.05, 0.1) is 27.1 Å². The van der Waals surface area contributed by atoms with Gasteiger partial charge in [0.15, 0.2) is 23.3 Å². The number of hydrogen-bond acceptors (Lipinski definition) is 6. The lowest BCUT2D eigenvalue weighted by Crippen LogP contribution is -2.22. The summed E-state index contributed by atoms with van der Waals surface area (Å²) in [5.41, 5.74) is 3.75. The van der Waals surface area contributed by atoms with Gasteiger partial charge in [0.2, 0.25) is 5.75 Å². The number of pyridine rings is 1. The quantitative estimate of drug-likeness (QED) is 0.352. The van der Waals surface area contributed by atoms with E-state index in [1.165, 1.54) is 0 Å². The first-order valence-corrected chi connectivity index (χ1v) is 10.8. The monoisotopic (exact) mass is 529 g/mol. The molecule has 4 aromatic rings. The first kappa shape index (κ1) is 19.9. The number of halogens is 1. The van der Waals surface area contributed by atoms with E-state index in [1.807, 2.05) is 53.2 Å².